The van der Waals surface area contributed by atoms with Crippen LogP contribution in [0.25, 0.3) is 0 Å². The highest BCUT2D eigenvalue weighted by Crippen LogP contribution is 2.20. The first kappa shape index (κ1) is 16.3. The van der Waals surface area contributed by atoms with E-state index in [0.717, 1.165) is 0 Å². The van der Waals surface area contributed by atoms with Crippen molar-refractivity contribution in [2.24, 2.45) is 0 Å². The van der Waals surface area contributed by atoms with Gasteiger partial charge in [-0.15, -0.1) is 0 Å². The number of nitrogens with zero attached hydrogens (tertiary/aromatic N) is 2. The Morgan fingerprint density at radius 3 is 2.06 bits per heavy atom. The number of halogens is 4. The molecule has 1 aliphatic heterocycles. The molecule has 1 rings (SSSR count). The zero-order valence-electron chi connectivity index (χ0n) is 10.8. The molecule has 0 saturated carbocycles. The Labute approximate surface area is 100 Å². The van der Waals surface area contributed by atoms with Crippen LogP contribution in [-0.2, 0) is 0 Å². The van der Waals surface area contributed by atoms with Gasteiger partial charge < -0.3 is 22.3 Å². The second-order valence-electron chi connectivity index (χ2n) is 4.09. The number of likely N-dealkylation sites (N-methyl/N-ethyl adjacent to an activating group) is 1. The molecule has 0 aromatic carbocycles. The van der Waals surface area contributed by atoms with Crippen LogP contribution in [0.4, 0.5) is 17.3 Å². The van der Waals surface area contributed by atoms with Crippen LogP contribution < -0.4 is 0 Å². The van der Waals surface area contributed by atoms with Gasteiger partial charge in [0.15, 0.2) is 0 Å². The summed E-state index contributed by atoms with van der Waals surface area (Å²) in [6.07, 6.45) is 4.86. The van der Waals surface area contributed by atoms with Gasteiger partial charge in [0.1, 0.15) is 0 Å². The maximum absolute atomic E-state index is 9.75. The summed E-state index contributed by atoms with van der Waals surface area (Å²) in [6.45, 7) is 7.82. The Kier molecular flexibility index (Phi) is 6.59. The van der Waals surface area contributed by atoms with E-state index in [1.807, 2.05) is 0 Å². The molecule has 0 radical (unpaired) electrons. The van der Waals surface area contributed by atoms with E-state index in [1.165, 1.54) is 25.1 Å². The number of hydrogen-bond acceptors (Lipinski definition) is 2. The van der Waals surface area contributed by atoms with Crippen molar-refractivity contribution in [3.05, 3.63) is 11.8 Å². The zero-order chi connectivity index (χ0) is 13.6. The molecule has 0 aliphatic carbocycles. The second-order valence-corrected chi connectivity index (χ2v) is 4.09. The van der Waals surface area contributed by atoms with Crippen LogP contribution in [0.5, 0.6) is 0 Å². The lowest BCUT2D eigenvalue weighted by molar-refractivity contribution is 0.0397. The molecular weight excluding hydrogens is 235 g/mol. The van der Waals surface area contributed by atoms with Crippen LogP contribution in [0.1, 0.15) is 33.6 Å². The van der Waals surface area contributed by atoms with E-state index in [9.17, 15) is 17.3 Å². The molecule has 1 atom stereocenters. The van der Waals surface area contributed by atoms with Crippen LogP contribution in [0.15, 0.2) is 11.8 Å². The van der Waals surface area contributed by atoms with Crippen molar-refractivity contribution in [2.45, 2.75) is 39.7 Å². The summed E-state index contributed by atoms with van der Waals surface area (Å²) < 4.78 is 39.0. The molecule has 0 spiro atoms. The van der Waals surface area contributed by atoms with Gasteiger partial charge in [-0.1, -0.05) is 13.3 Å². The van der Waals surface area contributed by atoms with Crippen molar-refractivity contribution in [2.75, 3.05) is 13.6 Å². The number of rotatable bonds is 3. The minimum Gasteiger partial charge on any atom is -0.418 e. The minimum atomic E-state index is -6.00. The summed E-state index contributed by atoms with van der Waals surface area (Å²) >= 11 is 0. The molecule has 0 bridgehead atoms. The lowest BCUT2D eigenvalue weighted by Crippen LogP contribution is -2.38. The molecule has 0 saturated heterocycles. The molecule has 1 aliphatic rings. The topological polar surface area (TPSA) is 6.48 Å². The highest BCUT2D eigenvalue weighted by molar-refractivity contribution is 6.50. The van der Waals surface area contributed by atoms with Crippen LogP contribution >= 0.6 is 0 Å². The first-order valence-electron chi connectivity index (χ1n) is 5.72. The summed E-state index contributed by atoms with van der Waals surface area (Å²) in [5.74, 6) is 0. The van der Waals surface area contributed by atoms with Gasteiger partial charge in [0.25, 0.3) is 0 Å². The van der Waals surface area contributed by atoms with Crippen molar-refractivity contribution in [3.8, 4) is 0 Å². The highest BCUT2D eigenvalue weighted by Gasteiger charge is 2.22. The van der Waals surface area contributed by atoms with E-state index in [2.05, 4.69) is 43.9 Å². The predicted molar refractivity (Wildman–Crippen MR) is 62.8 cm³/mol. The predicted octanol–water partition coefficient (Wildman–Crippen LogP) is 3.54. The highest BCUT2D eigenvalue weighted by atomic mass is 19.5. The van der Waals surface area contributed by atoms with E-state index >= 15 is 0 Å². The fraction of sp³-hybridized carbons (Fsp3) is 0.800. The molecule has 0 fully saturated rings. The molecule has 0 aromatic heterocycles. The fourth-order valence-corrected chi connectivity index (χ4v) is 1.65. The van der Waals surface area contributed by atoms with Crippen molar-refractivity contribution >= 4 is 7.25 Å². The second kappa shape index (κ2) is 6.88. The van der Waals surface area contributed by atoms with Gasteiger partial charge in [0, 0.05) is 25.3 Å². The standard InChI is InChI=1S/C10H20N2.BF4/c1-5-6-7-12-10(3)8-9(2)11(12)4;2-1(3,4)5/h8-9H,5-7H2,1-4H3;/q;-1. The van der Waals surface area contributed by atoms with Crippen molar-refractivity contribution in [1.29, 1.82) is 0 Å². The zero-order valence-corrected chi connectivity index (χ0v) is 10.8. The maximum Gasteiger partial charge on any atom is 0.673 e. The van der Waals surface area contributed by atoms with E-state index in [-0.39, 0.29) is 0 Å². The number of allylic oxidation sites excluding steroid dienone is 1. The van der Waals surface area contributed by atoms with Crippen LogP contribution in [0.3, 0.4) is 0 Å². The van der Waals surface area contributed by atoms with Crippen molar-refractivity contribution < 1.29 is 17.3 Å². The van der Waals surface area contributed by atoms with Crippen LogP contribution in [0.2, 0.25) is 0 Å². The third-order valence-electron chi connectivity index (χ3n) is 2.58. The molecule has 7 heteroatoms. The minimum absolute atomic E-state index is 0.571. The molecule has 1 heterocycles. The quantitative estimate of drug-likeness (QED) is 0.562. The van der Waals surface area contributed by atoms with Gasteiger partial charge in [-0.3, -0.25) is 0 Å². The third kappa shape index (κ3) is 7.25. The lowest BCUT2D eigenvalue weighted by atomic mass is 10.3. The van der Waals surface area contributed by atoms with Gasteiger partial charge in [-0.25, -0.2) is 5.01 Å². The monoisotopic (exact) mass is 255 g/mol. The van der Waals surface area contributed by atoms with E-state index in [4.69, 9.17) is 0 Å². The average molecular weight is 255 g/mol. The molecule has 102 valence electrons. The average Bonchev–Trinajstić information content (AvgIpc) is 2.37. The Morgan fingerprint density at radius 1 is 1.29 bits per heavy atom. The summed E-state index contributed by atoms with van der Waals surface area (Å²) in [7, 11) is -3.84. The molecular formula is C10H20BF4N2-. The third-order valence-corrected chi connectivity index (χ3v) is 2.58. The maximum atomic E-state index is 9.75. The molecule has 0 N–H and O–H groups in total. The smallest absolute Gasteiger partial charge is 0.418 e. The molecule has 1 unspecified atom stereocenters. The lowest BCUT2D eigenvalue weighted by Gasteiger charge is -2.30. The van der Waals surface area contributed by atoms with E-state index in [0.29, 0.717) is 6.04 Å². The summed E-state index contributed by atoms with van der Waals surface area (Å²) in [4.78, 5) is 0. The normalized spacial score (nSPS) is 21.1. The summed E-state index contributed by atoms with van der Waals surface area (Å²) in [5, 5.41) is 4.68. The van der Waals surface area contributed by atoms with E-state index in [1.54, 1.807) is 0 Å². The molecule has 17 heavy (non-hydrogen) atoms. The largest absolute Gasteiger partial charge is 0.673 e. The van der Waals surface area contributed by atoms with Gasteiger partial charge in [0.05, 0.1) is 0 Å². The van der Waals surface area contributed by atoms with Crippen LogP contribution in [0, 0.1) is 0 Å². The van der Waals surface area contributed by atoms with Crippen molar-refractivity contribution in [1.82, 2.24) is 10.0 Å². The first-order chi connectivity index (χ1) is 7.66. The summed E-state index contributed by atoms with van der Waals surface area (Å²) in [6, 6.07) is 0.571. The number of hydrazine groups is 1. The first-order valence-corrected chi connectivity index (χ1v) is 5.72. The van der Waals surface area contributed by atoms with Crippen LogP contribution in [-0.4, -0.2) is 36.9 Å². The van der Waals surface area contributed by atoms with Gasteiger partial charge >= 0.3 is 7.25 Å². The Hall–Kier alpha value is -0.715. The summed E-state index contributed by atoms with van der Waals surface area (Å²) in [5.41, 5.74) is 1.40. The molecule has 0 amide bonds. The molecule has 0 aromatic rings. The van der Waals surface area contributed by atoms with Crippen molar-refractivity contribution in [3.63, 3.8) is 0 Å². The number of hydrogen-bond donors (Lipinski definition) is 0. The Bertz CT molecular complexity index is 249. The Morgan fingerprint density at radius 2 is 1.76 bits per heavy atom. The number of unbranched alkanes of at least 4 members (excludes halogenated alkanes) is 1. The Balaban J connectivity index is 0.000000437. The molecule has 2 nitrogen and oxygen atoms in total. The SMILES string of the molecule is CCCCN1C(C)=CC(C)N1C.F[B-](F)(F)F. The van der Waals surface area contributed by atoms with Gasteiger partial charge in [0.2, 0.25) is 0 Å². The fourth-order valence-electron chi connectivity index (χ4n) is 1.65. The van der Waals surface area contributed by atoms with Gasteiger partial charge in [-0.2, -0.15) is 0 Å². The van der Waals surface area contributed by atoms with E-state index < -0.39 is 7.25 Å². The van der Waals surface area contributed by atoms with Gasteiger partial charge in [-0.05, 0) is 26.3 Å².